The van der Waals surface area contributed by atoms with Crippen LogP contribution < -0.4 is 20.1 Å². The lowest BCUT2D eigenvalue weighted by molar-refractivity contribution is 0.287. The third kappa shape index (κ3) is 6.77. The van der Waals surface area contributed by atoms with E-state index in [9.17, 15) is 0 Å². The Morgan fingerprint density at radius 2 is 1.59 bits per heavy atom. The van der Waals surface area contributed by atoms with E-state index in [0.717, 1.165) is 49.1 Å². The number of aliphatic imine (C=N–C) groups is 1. The van der Waals surface area contributed by atoms with Gasteiger partial charge in [-0.1, -0.05) is 24.3 Å². The van der Waals surface area contributed by atoms with Gasteiger partial charge in [0.2, 0.25) is 0 Å². The van der Waals surface area contributed by atoms with Crippen LogP contribution in [-0.2, 0) is 12.8 Å². The second kappa shape index (κ2) is 12.4. The monoisotopic (exact) mass is 435 g/mol. The number of nitrogens with zero attached hydrogens (tertiary/aromatic N) is 3. The van der Waals surface area contributed by atoms with Crippen molar-refractivity contribution in [2.75, 3.05) is 33.4 Å². The second-order valence-corrected chi connectivity index (χ2v) is 7.20. The number of benzene rings is 2. The highest BCUT2D eigenvalue weighted by molar-refractivity contribution is 5.79. The molecular formula is C25H33N5O2. The van der Waals surface area contributed by atoms with Crippen LogP contribution in [0, 0.1) is 0 Å². The predicted octanol–water partition coefficient (Wildman–Crippen LogP) is 3.62. The van der Waals surface area contributed by atoms with Gasteiger partial charge in [-0.25, -0.2) is 4.68 Å². The molecule has 1 aromatic heterocycles. The topological polar surface area (TPSA) is 72.7 Å². The van der Waals surface area contributed by atoms with Crippen molar-refractivity contribution in [1.29, 1.82) is 0 Å². The number of guanidine groups is 1. The first-order chi connectivity index (χ1) is 15.7. The Hall–Kier alpha value is -3.48. The van der Waals surface area contributed by atoms with E-state index in [4.69, 9.17) is 9.47 Å². The van der Waals surface area contributed by atoms with Crippen LogP contribution in [0.1, 0.15) is 25.0 Å². The van der Waals surface area contributed by atoms with Crippen molar-refractivity contribution >= 4 is 5.96 Å². The summed E-state index contributed by atoms with van der Waals surface area (Å²) in [6, 6.07) is 16.2. The van der Waals surface area contributed by atoms with Crippen LogP contribution in [0.4, 0.5) is 0 Å². The molecule has 32 heavy (non-hydrogen) atoms. The molecule has 0 unspecified atom stereocenters. The van der Waals surface area contributed by atoms with Crippen molar-refractivity contribution in [3.8, 4) is 17.2 Å². The third-order valence-corrected chi connectivity index (χ3v) is 4.90. The smallest absolute Gasteiger partial charge is 0.190 e. The van der Waals surface area contributed by atoms with Crippen LogP contribution in [-0.4, -0.2) is 49.1 Å². The highest BCUT2D eigenvalue weighted by atomic mass is 16.5. The van der Waals surface area contributed by atoms with Crippen LogP contribution in [0.15, 0.2) is 65.9 Å². The third-order valence-electron chi connectivity index (χ3n) is 4.90. The highest BCUT2D eigenvalue weighted by Crippen LogP contribution is 2.28. The van der Waals surface area contributed by atoms with Crippen molar-refractivity contribution in [2.45, 2.75) is 26.7 Å². The SMILES string of the molecule is CCOc1ccc(CCNC(=NC)NCCc2cnn(-c3ccccc3)c2)cc1OCC. The molecule has 7 heteroatoms. The second-order valence-electron chi connectivity index (χ2n) is 7.20. The minimum absolute atomic E-state index is 0.614. The fourth-order valence-corrected chi connectivity index (χ4v) is 3.33. The normalized spacial score (nSPS) is 11.3. The first-order valence-corrected chi connectivity index (χ1v) is 11.2. The molecule has 0 aliphatic heterocycles. The Morgan fingerprint density at radius 1 is 0.906 bits per heavy atom. The van der Waals surface area contributed by atoms with Gasteiger partial charge < -0.3 is 20.1 Å². The summed E-state index contributed by atoms with van der Waals surface area (Å²) in [5.74, 6) is 2.38. The van der Waals surface area contributed by atoms with E-state index in [1.165, 1.54) is 11.1 Å². The number of nitrogens with one attached hydrogen (secondary N) is 2. The van der Waals surface area contributed by atoms with E-state index in [2.05, 4.69) is 39.1 Å². The maximum absolute atomic E-state index is 5.72. The van der Waals surface area contributed by atoms with Gasteiger partial charge in [0, 0.05) is 26.3 Å². The standard InChI is InChI=1S/C25H33N5O2/c1-4-31-23-12-11-20(17-24(23)32-5-2)13-15-27-25(26-3)28-16-14-21-18-29-30(19-21)22-9-7-6-8-10-22/h6-12,17-19H,4-5,13-16H2,1-3H3,(H2,26,27,28). The highest BCUT2D eigenvalue weighted by Gasteiger charge is 2.07. The van der Waals surface area contributed by atoms with E-state index in [-0.39, 0.29) is 0 Å². The largest absolute Gasteiger partial charge is 0.490 e. The van der Waals surface area contributed by atoms with Crippen LogP contribution in [0.25, 0.3) is 5.69 Å². The number of hydrogen-bond acceptors (Lipinski definition) is 4. The fraction of sp³-hybridized carbons (Fsp3) is 0.360. The van der Waals surface area contributed by atoms with Gasteiger partial charge in [0.25, 0.3) is 0 Å². The van der Waals surface area contributed by atoms with Crippen LogP contribution in [0.3, 0.4) is 0 Å². The average molecular weight is 436 g/mol. The molecule has 0 atom stereocenters. The summed E-state index contributed by atoms with van der Waals surface area (Å²) in [5.41, 5.74) is 3.42. The predicted molar refractivity (Wildman–Crippen MR) is 129 cm³/mol. The molecule has 0 aliphatic carbocycles. The van der Waals surface area contributed by atoms with Crippen LogP contribution in [0.5, 0.6) is 11.5 Å². The van der Waals surface area contributed by atoms with Gasteiger partial charge in [-0.15, -0.1) is 0 Å². The minimum Gasteiger partial charge on any atom is -0.490 e. The quantitative estimate of drug-likeness (QED) is 0.356. The molecule has 0 fully saturated rings. The maximum atomic E-state index is 5.72. The molecule has 7 nitrogen and oxygen atoms in total. The van der Waals surface area contributed by atoms with Crippen molar-refractivity contribution in [2.24, 2.45) is 4.99 Å². The molecule has 0 saturated heterocycles. The zero-order chi connectivity index (χ0) is 22.6. The number of hydrogen-bond donors (Lipinski definition) is 2. The molecule has 2 N–H and O–H groups in total. The van der Waals surface area contributed by atoms with E-state index in [1.54, 1.807) is 7.05 Å². The lowest BCUT2D eigenvalue weighted by Gasteiger charge is -2.14. The summed E-state index contributed by atoms with van der Waals surface area (Å²) in [6.07, 6.45) is 5.70. The molecule has 0 saturated carbocycles. The van der Waals surface area contributed by atoms with Gasteiger partial charge in [0.05, 0.1) is 25.1 Å². The Morgan fingerprint density at radius 3 is 2.28 bits per heavy atom. The summed E-state index contributed by atoms with van der Waals surface area (Å²) < 4.78 is 13.3. The zero-order valence-electron chi connectivity index (χ0n) is 19.2. The van der Waals surface area contributed by atoms with Gasteiger partial charge in [-0.3, -0.25) is 4.99 Å². The number of para-hydroxylation sites is 1. The van der Waals surface area contributed by atoms with Crippen molar-refractivity contribution < 1.29 is 9.47 Å². The number of aromatic nitrogens is 2. The minimum atomic E-state index is 0.614. The van der Waals surface area contributed by atoms with Gasteiger partial charge in [-0.2, -0.15) is 5.10 Å². The molecule has 0 amide bonds. The van der Waals surface area contributed by atoms with Gasteiger partial charge in [-0.05, 0) is 62.1 Å². The molecule has 1 heterocycles. The first-order valence-electron chi connectivity index (χ1n) is 11.2. The van der Waals surface area contributed by atoms with Gasteiger partial charge in [0.15, 0.2) is 17.5 Å². The molecule has 170 valence electrons. The van der Waals surface area contributed by atoms with Gasteiger partial charge in [0.1, 0.15) is 0 Å². The Bertz CT molecular complexity index is 985. The summed E-state index contributed by atoms with van der Waals surface area (Å²) in [4.78, 5) is 4.32. The molecule has 3 rings (SSSR count). The number of ether oxygens (including phenoxy) is 2. The molecule has 3 aromatic rings. The lowest BCUT2D eigenvalue weighted by atomic mass is 10.1. The average Bonchev–Trinajstić information content (AvgIpc) is 3.29. The van der Waals surface area contributed by atoms with E-state index < -0.39 is 0 Å². The van der Waals surface area contributed by atoms with Crippen LogP contribution in [0.2, 0.25) is 0 Å². The van der Waals surface area contributed by atoms with E-state index >= 15 is 0 Å². The Kier molecular flexibility index (Phi) is 8.98. The molecule has 0 bridgehead atoms. The van der Waals surface area contributed by atoms with E-state index in [1.807, 2.05) is 61.1 Å². The molecule has 0 spiro atoms. The summed E-state index contributed by atoms with van der Waals surface area (Å²) in [5, 5.41) is 11.2. The molecule has 0 radical (unpaired) electrons. The van der Waals surface area contributed by atoms with Crippen molar-refractivity contribution in [1.82, 2.24) is 20.4 Å². The lowest BCUT2D eigenvalue weighted by Crippen LogP contribution is -2.39. The zero-order valence-corrected chi connectivity index (χ0v) is 19.2. The molecule has 0 aliphatic rings. The first kappa shape index (κ1) is 23.2. The summed E-state index contributed by atoms with van der Waals surface area (Å²) >= 11 is 0. The van der Waals surface area contributed by atoms with Crippen molar-refractivity contribution in [3.63, 3.8) is 0 Å². The summed E-state index contributed by atoms with van der Waals surface area (Å²) in [7, 11) is 1.78. The molecule has 2 aromatic carbocycles. The van der Waals surface area contributed by atoms with Gasteiger partial charge >= 0.3 is 0 Å². The summed E-state index contributed by atoms with van der Waals surface area (Å²) in [6.45, 7) is 6.73. The van der Waals surface area contributed by atoms with Crippen molar-refractivity contribution in [3.05, 3.63) is 72.1 Å². The van der Waals surface area contributed by atoms with E-state index in [0.29, 0.717) is 13.2 Å². The van der Waals surface area contributed by atoms with Crippen LogP contribution >= 0.6 is 0 Å². The molecular weight excluding hydrogens is 402 g/mol. The Labute approximate surface area is 190 Å². The maximum Gasteiger partial charge on any atom is 0.190 e. The Balaban J connectivity index is 1.43. The fourth-order valence-electron chi connectivity index (χ4n) is 3.33. The number of rotatable bonds is 11.